The molecule has 0 radical (unpaired) electrons. The topological polar surface area (TPSA) is 43.4 Å². The van der Waals surface area contributed by atoms with E-state index in [2.05, 4.69) is 0 Å². The van der Waals surface area contributed by atoms with Crippen molar-refractivity contribution in [3.63, 3.8) is 0 Å². The molecule has 0 spiro atoms. The van der Waals surface area contributed by atoms with Crippen LogP contribution in [-0.4, -0.2) is 8.42 Å². The zero-order valence-electron chi connectivity index (χ0n) is 10.6. The summed E-state index contributed by atoms with van der Waals surface area (Å²) >= 11 is 0. The van der Waals surface area contributed by atoms with E-state index in [1.165, 1.54) is 0 Å². The minimum atomic E-state index is -3.66. The average molecular weight is 266 g/mol. The molecule has 0 unspecified atom stereocenters. The Morgan fingerprint density at radius 3 is 2.50 bits per heavy atom. The Morgan fingerprint density at radius 1 is 1.06 bits per heavy atom. The highest BCUT2D eigenvalue weighted by Gasteiger charge is 2.18. The molecule has 0 amide bonds. The first kappa shape index (κ1) is 13.1. The van der Waals surface area contributed by atoms with Gasteiger partial charge in [0.1, 0.15) is 10.7 Å². The standard InChI is InChI=1S/C14H18O3S/c1-12-8-10-14(11-9-12)18(15,16)17-13-6-4-2-3-5-7-13/h6,8-11H,2-5,7H2,1H3. The van der Waals surface area contributed by atoms with Gasteiger partial charge in [-0.25, -0.2) is 0 Å². The van der Waals surface area contributed by atoms with Crippen LogP contribution in [0.25, 0.3) is 0 Å². The van der Waals surface area contributed by atoms with Crippen molar-refractivity contribution in [1.82, 2.24) is 0 Å². The van der Waals surface area contributed by atoms with Crippen molar-refractivity contribution < 1.29 is 12.6 Å². The van der Waals surface area contributed by atoms with E-state index < -0.39 is 10.1 Å². The van der Waals surface area contributed by atoms with Gasteiger partial charge in [-0.15, -0.1) is 0 Å². The lowest BCUT2D eigenvalue weighted by molar-refractivity contribution is 0.388. The number of hydrogen-bond acceptors (Lipinski definition) is 3. The van der Waals surface area contributed by atoms with Crippen molar-refractivity contribution >= 4 is 10.1 Å². The fourth-order valence-electron chi connectivity index (χ4n) is 1.96. The largest absolute Gasteiger partial charge is 0.384 e. The summed E-state index contributed by atoms with van der Waals surface area (Å²) in [5.41, 5.74) is 1.03. The summed E-state index contributed by atoms with van der Waals surface area (Å²) in [7, 11) is -3.66. The lowest BCUT2D eigenvalue weighted by Gasteiger charge is -2.09. The van der Waals surface area contributed by atoms with E-state index in [9.17, 15) is 8.42 Å². The Balaban J connectivity index is 2.16. The first-order valence-corrected chi connectivity index (χ1v) is 7.69. The predicted octanol–water partition coefficient (Wildman–Crippen LogP) is 3.55. The molecular weight excluding hydrogens is 248 g/mol. The number of benzene rings is 1. The van der Waals surface area contributed by atoms with E-state index in [-0.39, 0.29) is 4.90 Å². The van der Waals surface area contributed by atoms with Gasteiger partial charge in [0, 0.05) is 6.42 Å². The molecule has 18 heavy (non-hydrogen) atoms. The lowest BCUT2D eigenvalue weighted by atomic mass is 10.2. The maximum absolute atomic E-state index is 12.1. The molecule has 4 heteroatoms. The SMILES string of the molecule is Cc1ccc(S(=O)(=O)OC2=CCCCCC2)cc1. The van der Waals surface area contributed by atoms with Crippen molar-refractivity contribution in [1.29, 1.82) is 0 Å². The Morgan fingerprint density at radius 2 is 1.78 bits per heavy atom. The van der Waals surface area contributed by atoms with Gasteiger partial charge >= 0.3 is 10.1 Å². The van der Waals surface area contributed by atoms with Crippen molar-refractivity contribution in [2.75, 3.05) is 0 Å². The van der Waals surface area contributed by atoms with E-state index >= 15 is 0 Å². The fourth-order valence-corrected chi connectivity index (χ4v) is 2.95. The van der Waals surface area contributed by atoms with Gasteiger partial charge in [-0.1, -0.05) is 24.1 Å². The summed E-state index contributed by atoms with van der Waals surface area (Å²) in [5, 5.41) is 0. The lowest BCUT2D eigenvalue weighted by Crippen LogP contribution is -2.06. The molecule has 0 saturated carbocycles. The van der Waals surface area contributed by atoms with Crippen molar-refractivity contribution in [3.8, 4) is 0 Å². The van der Waals surface area contributed by atoms with Crippen LogP contribution < -0.4 is 0 Å². The van der Waals surface area contributed by atoms with E-state index in [1.807, 2.05) is 13.0 Å². The van der Waals surface area contributed by atoms with Gasteiger partial charge in [0.2, 0.25) is 0 Å². The summed E-state index contributed by atoms with van der Waals surface area (Å²) < 4.78 is 29.3. The second-order valence-electron chi connectivity index (χ2n) is 4.62. The van der Waals surface area contributed by atoms with E-state index in [0.717, 1.165) is 31.2 Å². The number of allylic oxidation sites excluding steroid dienone is 2. The van der Waals surface area contributed by atoms with Crippen molar-refractivity contribution in [2.45, 2.75) is 43.9 Å². The van der Waals surface area contributed by atoms with E-state index in [1.54, 1.807) is 24.3 Å². The first-order chi connectivity index (χ1) is 8.58. The fraction of sp³-hybridized carbons (Fsp3) is 0.429. The average Bonchev–Trinajstić information content (AvgIpc) is 2.57. The van der Waals surface area contributed by atoms with Gasteiger partial charge < -0.3 is 4.18 Å². The predicted molar refractivity (Wildman–Crippen MR) is 70.6 cm³/mol. The Bertz CT molecular complexity index is 527. The second-order valence-corrected chi connectivity index (χ2v) is 6.17. The highest BCUT2D eigenvalue weighted by Crippen LogP contribution is 2.23. The molecule has 1 aliphatic rings. The minimum absolute atomic E-state index is 0.221. The summed E-state index contributed by atoms with van der Waals surface area (Å²) in [6.45, 7) is 1.92. The maximum atomic E-state index is 12.1. The molecule has 1 aromatic carbocycles. The molecule has 0 atom stereocenters. The Hall–Kier alpha value is -1.29. The highest BCUT2D eigenvalue weighted by atomic mass is 32.2. The normalized spacial score (nSPS) is 16.8. The smallest absolute Gasteiger partial charge is 0.338 e. The zero-order chi connectivity index (χ0) is 13.0. The number of rotatable bonds is 3. The van der Waals surface area contributed by atoms with Crippen LogP contribution in [0.5, 0.6) is 0 Å². The van der Waals surface area contributed by atoms with E-state index in [0.29, 0.717) is 12.2 Å². The van der Waals surface area contributed by atoms with Crippen LogP contribution in [0, 0.1) is 6.92 Å². The third kappa shape index (κ3) is 3.35. The molecule has 1 aromatic rings. The molecule has 0 N–H and O–H groups in total. The minimum Gasteiger partial charge on any atom is -0.384 e. The molecule has 1 aliphatic carbocycles. The maximum Gasteiger partial charge on any atom is 0.338 e. The van der Waals surface area contributed by atoms with E-state index in [4.69, 9.17) is 4.18 Å². The van der Waals surface area contributed by atoms with Crippen LogP contribution in [0.1, 0.15) is 37.7 Å². The van der Waals surface area contributed by atoms with Gasteiger partial charge in [-0.2, -0.15) is 8.42 Å². The summed E-state index contributed by atoms with van der Waals surface area (Å²) in [4.78, 5) is 0.221. The molecule has 0 saturated heterocycles. The highest BCUT2D eigenvalue weighted by molar-refractivity contribution is 7.86. The third-order valence-corrected chi connectivity index (χ3v) is 4.31. The third-order valence-electron chi connectivity index (χ3n) is 3.03. The van der Waals surface area contributed by atoms with Gasteiger partial charge in [-0.05, 0) is 44.4 Å². The Kier molecular flexibility index (Phi) is 4.07. The molecule has 2 rings (SSSR count). The molecule has 0 aliphatic heterocycles. The summed E-state index contributed by atoms with van der Waals surface area (Å²) in [6, 6.07) is 6.72. The molecular formula is C14H18O3S. The van der Waals surface area contributed by atoms with Crippen LogP contribution in [0.4, 0.5) is 0 Å². The molecule has 0 bridgehead atoms. The quantitative estimate of drug-likeness (QED) is 0.786. The van der Waals surface area contributed by atoms with Crippen molar-refractivity contribution in [2.24, 2.45) is 0 Å². The molecule has 0 fully saturated rings. The van der Waals surface area contributed by atoms with Crippen molar-refractivity contribution in [3.05, 3.63) is 41.7 Å². The molecule has 0 aromatic heterocycles. The van der Waals surface area contributed by atoms with Crippen LogP contribution in [0.3, 0.4) is 0 Å². The molecule has 98 valence electrons. The van der Waals surface area contributed by atoms with Gasteiger partial charge in [-0.3, -0.25) is 0 Å². The first-order valence-electron chi connectivity index (χ1n) is 6.28. The van der Waals surface area contributed by atoms with Gasteiger partial charge in [0.25, 0.3) is 0 Å². The second kappa shape index (κ2) is 5.57. The Labute approximate surface area is 109 Å². The van der Waals surface area contributed by atoms with Crippen LogP contribution in [0.2, 0.25) is 0 Å². The zero-order valence-corrected chi connectivity index (χ0v) is 11.4. The van der Waals surface area contributed by atoms with Gasteiger partial charge in [0.05, 0.1) is 0 Å². The molecule has 0 heterocycles. The van der Waals surface area contributed by atoms with Crippen LogP contribution >= 0.6 is 0 Å². The summed E-state index contributed by atoms with van der Waals surface area (Å²) in [5.74, 6) is 0.591. The number of hydrogen-bond donors (Lipinski definition) is 0. The summed E-state index contributed by atoms with van der Waals surface area (Å²) in [6.07, 6.45) is 6.75. The van der Waals surface area contributed by atoms with Crippen LogP contribution in [0.15, 0.2) is 41.0 Å². The van der Waals surface area contributed by atoms with Crippen LogP contribution in [-0.2, 0) is 14.3 Å². The monoisotopic (exact) mass is 266 g/mol. The molecule has 3 nitrogen and oxygen atoms in total. The van der Waals surface area contributed by atoms with Gasteiger partial charge in [0.15, 0.2) is 0 Å². The number of aryl methyl sites for hydroxylation is 1.